The second-order valence-electron chi connectivity index (χ2n) is 7.52. The van der Waals surface area contributed by atoms with E-state index in [1.807, 2.05) is 0 Å². The van der Waals surface area contributed by atoms with Gasteiger partial charge in [0, 0.05) is 25.2 Å². The molecule has 3 rings (SSSR count). The van der Waals surface area contributed by atoms with Crippen molar-refractivity contribution in [2.24, 2.45) is 5.92 Å². The molecule has 0 radical (unpaired) electrons. The molecule has 160 valence electrons. The summed E-state index contributed by atoms with van der Waals surface area (Å²) in [6, 6.07) is 5.96. The SMILES string of the molecule is CC(OC(=O)CC1CCCC1)C(=O)Nc1ccc(S(=O)(=O)N2CCOCC2)cc1. The first-order valence-corrected chi connectivity index (χ1v) is 11.5. The van der Waals surface area contributed by atoms with Crippen LogP contribution >= 0.6 is 0 Å². The largest absolute Gasteiger partial charge is 0.453 e. The van der Waals surface area contributed by atoms with E-state index in [1.165, 1.54) is 35.5 Å². The third kappa shape index (κ3) is 5.77. The number of esters is 1. The molecule has 1 aromatic rings. The standard InChI is InChI=1S/C20H28N2O6S/c1-15(28-19(23)14-16-4-2-3-5-16)20(24)21-17-6-8-18(9-7-17)29(25,26)22-10-12-27-13-11-22/h6-9,15-16H,2-5,10-14H2,1H3,(H,21,24). The van der Waals surface area contributed by atoms with E-state index in [-0.39, 0.29) is 10.9 Å². The van der Waals surface area contributed by atoms with Crippen LogP contribution in [0.15, 0.2) is 29.2 Å². The van der Waals surface area contributed by atoms with E-state index in [1.54, 1.807) is 0 Å². The Morgan fingerprint density at radius 1 is 1.17 bits per heavy atom. The molecule has 1 aliphatic carbocycles. The predicted octanol–water partition coefficient (Wildman–Crippen LogP) is 2.16. The Morgan fingerprint density at radius 2 is 1.79 bits per heavy atom. The van der Waals surface area contributed by atoms with Crippen molar-refractivity contribution in [3.05, 3.63) is 24.3 Å². The fourth-order valence-corrected chi connectivity index (χ4v) is 5.05. The van der Waals surface area contributed by atoms with E-state index >= 15 is 0 Å². The molecule has 1 saturated heterocycles. The van der Waals surface area contributed by atoms with Gasteiger partial charge in [-0.2, -0.15) is 4.31 Å². The average Bonchev–Trinajstić information content (AvgIpc) is 3.22. The topological polar surface area (TPSA) is 102 Å². The minimum absolute atomic E-state index is 0.161. The Balaban J connectivity index is 1.53. The molecule has 1 saturated carbocycles. The highest BCUT2D eigenvalue weighted by molar-refractivity contribution is 7.89. The first-order chi connectivity index (χ1) is 13.9. The first kappa shape index (κ1) is 21.7. The van der Waals surface area contributed by atoms with Crippen LogP contribution in [0.5, 0.6) is 0 Å². The molecule has 0 bridgehead atoms. The molecule has 0 spiro atoms. The number of carbonyl (C=O) groups excluding carboxylic acids is 2. The number of anilines is 1. The van der Waals surface area contributed by atoms with Gasteiger partial charge in [0.1, 0.15) is 0 Å². The summed E-state index contributed by atoms with van der Waals surface area (Å²) in [4.78, 5) is 24.4. The molecule has 2 aliphatic rings. The van der Waals surface area contributed by atoms with Gasteiger partial charge in [-0.1, -0.05) is 12.8 Å². The summed E-state index contributed by atoms with van der Waals surface area (Å²) in [5, 5.41) is 2.65. The van der Waals surface area contributed by atoms with Crippen molar-refractivity contribution >= 4 is 27.6 Å². The van der Waals surface area contributed by atoms with Crippen LogP contribution in [0.1, 0.15) is 39.0 Å². The Labute approximate surface area is 171 Å². The highest BCUT2D eigenvalue weighted by Gasteiger charge is 2.26. The van der Waals surface area contributed by atoms with Crippen molar-refractivity contribution in [1.29, 1.82) is 0 Å². The molecule has 2 fully saturated rings. The summed E-state index contributed by atoms with van der Waals surface area (Å²) in [5.41, 5.74) is 0.439. The number of sulfonamides is 1. The highest BCUT2D eigenvalue weighted by Crippen LogP contribution is 2.28. The molecular weight excluding hydrogens is 396 g/mol. The number of nitrogens with one attached hydrogen (secondary N) is 1. The van der Waals surface area contributed by atoms with Gasteiger partial charge >= 0.3 is 5.97 Å². The van der Waals surface area contributed by atoms with Gasteiger partial charge < -0.3 is 14.8 Å². The molecule has 8 nitrogen and oxygen atoms in total. The third-order valence-electron chi connectivity index (χ3n) is 5.34. The van der Waals surface area contributed by atoms with Crippen LogP contribution in [0, 0.1) is 5.92 Å². The number of hydrogen-bond donors (Lipinski definition) is 1. The second kappa shape index (κ2) is 9.69. The monoisotopic (exact) mass is 424 g/mol. The number of benzene rings is 1. The van der Waals surface area contributed by atoms with Crippen LogP contribution in [0.25, 0.3) is 0 Å². The summed E-state index contributed by atoms with van der Waals surface area (Å²) in [6.45, 7) is 2.93. The van der Waals surface area contributed by atoms with E-state index in [0.717, 1.165) is 25.7 Å². The molecule has 1 unspecified atom stereocenters. The van der Waals surface area contributed by atoms with Crippen molar-refractivity contribution in [3.8, 4) is 0 Å². The lowest BCUT2D eigenvalue weighted by atomic mass is 10.0. The second-order valence-corrected chi connectivity index (χ2v) is 9.45. The molecule has 1 heterocycles. The van der Waals surface area contributed by atoms with Gasteiger partial charge in [0.05, 0.1) is 18.1 Å². The van der Waals surface area contributed by atoms with Crippen molar-refractivity contribution in [3.63, 3.8) is 0 Å². The van der Waals surface area contributed by atoms with E-state index < -0.39 is 22.0 Å². The third-order valence-corrected chi connectivity index (χ3v) is 7.25. The van der Waals surface area contributed by atoms with Gasteiger partial charge in [-0.25, -0.2) is 8.42 Å². The zero-order valence-corrected chi connectivity index (χ0v) is 17.4. The van der Waals surface area contributed by atoms with Crippen molar-refractivity contribution in [2.45, 2.75) is 50.0 Å². The Kier molecular flexibility index (Phi) is 7.26. The number of amides is 1. The normalized spacial score (nSPS) is 19.6. The number of rotatable bonds is 7. The van der Waals surface area contributed by atoms with Crippen LogP contribution in [-0.4, -0.2) is 57.0 Å². The van der Waals surface area contributed by atoms with Gasteiger partial charge in [0.15, 0.2) is 6.10 Å². The number of nitrogens with zero attached hydrogens (tertiary/aromatic N) is 1. The predicted molar refractivity (Wildman–Crippen MR) is 107 cm³/mol. The maximum atomic E-state index is 12.6. The summed E-state index contributed by atoms with van der Waals surface area (Å²) >= 11 is 0. The van der Waals surface area contributed by atoms with Crippen molar-refractivity contribution < 1.29 is 27.5 Å². The summed E-state index contributed by atoms with van der Waals surface area (Å²) < 4.78 is 37.0. The van der Waals surface area contributed by atoms with Gasteiger partial charge in [-0.3, -0.25) is 9.59 Å². The van der Waals surface area contributed by atoms with Crippen LogP contribution in [0.4, 0.5) is 5.69 Å². The van der Waals surface area contributed by atoms with E-state index in [4.69, 9.17) is 9.47 Å². The van der Waals surface area contributed by atoms with Crippen LogP contribution < -0.4 is 5.32 Å². The number of hydrogen-bond acceptors (Lipinski definition) is 6. The minimum Gasteiger partial charge on any atom is -0.453 e. The van der Waals surface area contributed by atoms with Gasteiger partial charge in [0.25, 0.3) is 5.91 Å². The molecular formula is C20H28N2O6S. The van der Waals surface area contributed by atoms with Crippen LogP contribution in [0.3, 0.4) is 0 Å². The lowest BCUT2D eigenvalue weighted by Crippen LogP contribution is -2.40. The fourth-order valence-electron chi connectivity index (χ4n) is 3.64. The zero-order chi connectivity index (χ0) is 20.9. The molecule has 1 aliphatic heterocycles. The van der Waals surface area contributed by atoms with Gasteiger partial charge in [-0.15, -0.1) is 0 Å². The number of morpholine rings is 1. The summed E-state index contributed by atoms with van der Waals surface area (Å²) in [5.74, 6) is -0.446. The highest BCUT2D eigenvalue weighted by atomic mass is 32.2. The molecule has 1 N–H and O–H groups in total. The first-order valence-electron chi connectivity index (χ1n) is 10.0. The lowest BCUT2D eigenvalue weighted by Gasteiger charge is -2.26. The van der Waals surface area contributed by atoms with Gasteiger partial charge in [-0.05, 0) is 49.9 Å². The Morgan fingerprint density at radius 3 is 2.41 bits per heavy atom. The fraction of sp³-hybridized carbons (Fsp3) is 0.600. The maximum Gasteiger partial charge on any atom is 0.306 e. The Bertz CT molecular complexity index is 812. The molecule has 1 amide bonds. The average molecular weight is 425 g/mol. The van der Waals surface area contributed by atoms with Crippen LogP contribution in [0.2, 0.25) is 0 Å². The number of ether oxygens (including phenoxy) is 2. The number of carbonyl (C=O) groups is 2. The van der Waals surface area contributed by atoms with Gasteiger partial charge in [0.2, 0.25) is 10.0 Å². The quantitative estimate of drug-likeness (QED) is 0.673. The van der Waals surface area contributed by atoms with E-state index in [9.17, 15) is 18.0 Å². The molecule has 9 heteroatoms. The van der Waals surface area contributed by atoms with E-state index in [2.05, 4.69) is 5.32 Å². The molecule has 29 heavy (non-hydrogen) atoms. The molecule has 1 atom stereocenters. The molecule has 1 aromatic carbocycles. The Hall–Kier alpha value is -1.97. The van der Waals surface area contributed by atoms with E-state index in [0.29, 0.717) is 44.3 Å². The summed E-state index contributed by atoms with van der Waals surface area (Å²) in [6.07, 6.45) is 3.80. The van der Waals surface area contributed by atoms with Crippen molar-refractivity contribution in [1.82, 2.24) is 4.31 Å². The maximum absolute atomic E-state index is 12.6. The van der Waals surface area contributed by atoms with Crippen LogP contribution in [-0.2, 0) is 29.1 Å². The lowest BCUT2D eigenvalue weighted by molar-refractivity contribution is -0.154. The smallest absolute Gasteiger partial charge is 0.306 e. The zero-order valence-electron chi connectivity index (χ0n) is 16.6. The molecule has 0 aromatic heterocycles. The summed E-state index contributed by atoms with van der Waals surface area (Å²) in [7, 11) is -3.58. The van der Waals surface area contributed by atoms with Crippen molar-refractivity contribution in [2.75, 3.05) is 31.6 Å². The minimum atomic E-state index is -3.58.